The lowest BCUT2D eigenvalue weighted by Crippen LogP contribution is -2.11. The highest BCUT2D eigenvalue weighted by molar-refractivity contribution is 7.77. The van der Waals surface area contributed by atoms with Crippen molar-refractivity contribution in [3.05, 3.63) is 33.9 Å². The second-order valence-corrected chi connectivity index (χ2v) is 9.29. The first-order valence-electron chi connectivity index (χ1n) is 6.51. The molecule has 1 aliphatic rings. The SMILES string of the molecule is CP(=O)(Nc1ccc(Cl)cn1)c1nc2c(s1)CCCC2. The first-order valence-corrected chi connectivity index (χ1v) is 9.86. The summed E-state index contributed by atoms with van der Waals surface area (Å²) < 4.78 is 13.5. The molecule has 2 heterocycles. The summed E-state index contributed by atoms with van der Waals surface area (Å²) in [7, 11) is -2.73. The van der Waals surface area contributed by atoms with Crippen molar-refractivity contribution in [2.45, 2.75) is 25.7 Å². The summed E-state index contributed by atoms with van der Waals surface area (Å²) in [4.78, 5) is 10.00. The summed E-state index contributed by atoms with van der Waals surface area (Å²) in [5, 5.41) is 3.57. The molecule has 0 aromatic carbocycles. The zero-order valence-corrected chi connectivity index (χ0v) is 13.6. The fourth-order valence-corrected chi connectivity index (χ4v) is 5.37. The minimum Gasteiger partial charge on any atom is -0.316 e. The maximum absolute atomic E-state index is 12.9. The van der Waals surface area contributed by atoms with E-state index in [-0.39, 0.29) is 0 Å². The van der Waals surface area contributed by atoms with E-state index in [2.05, 4.69) is 15.1 Å². The van der Waals surface area contributed by atoms with Gasteiger partial charge in [-0.2, -0.15) is 0 Å². The summed E-state index contributed by atoms with van der Waals surface area (Å²) in [5.74, 6) is 0.563. The molecule has 0 radical (unpaired) electrons. The molecule has 0 fully saturated rings. The Morgan fingerprint density at radius 2 is 2.15 bits per heavy atom. The van der Waals surface area contributed by atoms with Crippen molar-refractivity contribution in [1.82, 2.24) is 9.97 Å². The summed E-state index contributed by atoms with van der Waals surface area (Å²) in [5.41, 5.74) is 1.13. The van der Waals surface area contributed by atoms with Crippen LogP contribution in [0.25, 0.3) is 0 Å². The number of fused-ring (bicyclic) bond motifs is 1. The van der Waals surface area contributed by atoms with E-state index in [9.17, 15) is 4.57 Å². The number of hydrogen-bond acceptors (Lipinski definition) is 4. The number of nitrogens with zero attached hydrogens (tertiary/aromatic N) is 2. The molecule has 7 heteroatoms. The van der Waals surface area contributed by atoms with Gasteiger partial charge in [0.1, 0.15) is 5.82 Å². The van der Waals surface area contributed by atoms with Crippen molar-refractivity contribution in [3.8, 4) is 0 Å². The Bertz CT molecular complexity index is 647. The zero-order valence-electron chi connectivity index (χ0n) is 11.1. The van der Waals surface area contributed by atoms with Gasteiger partial charge >= 0.3 is 0 Å². The minimum atomic E-state index is -2.73. The molecule has 1 aliphatic carbocycles. The summed E-state index contributed by atoms with van der Waals surface area (Å²) in [6.07, 6.45) is 5.99. The Balaban J connectivity index is 1.85. The molecule has 4 nitrogen and oxygen atoms in total. The second kappa shape index (κ2) is 5.47. The quantitative estimate of drug-likeness (QED) is 0.873. The number of anilines is 1. The molecule has 0 saturated carbocycles. The van der Waals surface area contributed by atoms with Gasteiger partial charge in [0, 0.05) is 17.7 Å². The van der Waals surface area contributed by atoms with Crippen molar-refractivity contribution >= 4 is 40.8 Å². The lowest BCUT2D eigenvalue weighted by molar-refractivity contribution is 0.587. The molecule has 0 bridgehead atoms. The fourth-order valence-electron chi connectivity index (χ4n) is 2.23. The van der Waals surface area contributed by atoms with Crippen molar-refractivity contribution in [1.29, 1.82) is 0 Å². The second-order valence-electron chi connectivity index (χ2n) is 4.97. The average molecular weight is 328 g/mol. The standard InChI is InChI=1S/C13H15ClN3OPS/c1-19(18,17-12-7-6-9(14)8-15-12)13-16-10-4-2-3-5-11(10)20-13/h6-8H,2-5H2,1H3,(H,15,17,18). The van der Waals surface area contributed by atoms with Crippen LogP contribution in [-0.2, 0) is 17.4 Å². The number of hydrogen-bond donors (Lipinski definition) is 1. The third-order valence-electron chi connectivity index (χ3n) is 3.25. The van der Waals surface area contributed by atoms with E-state index in [1.807, 2.05) is 0 Å². The van der Waals surface area contributed by atoms with Gasteiger partial charge in [0.15, 0.2) is 4.75 Å². The fraction of sp³-hybridized carbons (Fsp3) is 0.385. The van der Waals surface area contributed by atoms with E-state index in [0.717, 1.165) is 18.5 Å². The highest BCUT2D eigenvalue weighted by Crippen LogP contribution is 2.42. The first kappa shape index (κ1) is 14.1. The molecule has 1 N–H and O–H groups in total. The van der Waals surface area contributed by atoms with Crippen LogP contribution in [-0.4, -0.2) is 16.6 Å². The maximum atomic E-state index is 12.9. The van der Waals surface area contributed by atoms with Gasteiger partial charge in [-0.25, -0.2) is 9.97 Å². The summed E-state index contributed by atoms with van der Waals surface area (Å²) >= 11 is 7.37. The molecule has 2 aromatic heterocycles. The molecular weight excluding hydrogens is 313 g/mol. The third kappa shape index (κ3) is 2.90. The van der Waals surface area contributed by atoms with Crippen molar-refractivity contribution in [2.75, 3.05) is 11.8 Å². The molecular formula is C13H15ClN3OPS. The Morgan fingerprint density at radius 3 is 2.85 bits per heavy atom. The van der Waals surface area contributed by atoms with Gasteiger partial charge in [-0.3, -0.25) is 4.57 Å². The molecule has 106 valence electrons. The van der Waals surface area contributed by atoms with Gasteiger partial charge in [0.25, 0.3) is 0 Å². The predicted molar refractivity (Wildman–Crippen MR) is 84.8 cm³/mol. The average Bonchev–Trinajstić information content (AvgIpc) is 2.86. The zero-order chi connectivity index (χ0) is 14.2. The Hall–Kier alpha value is -0.900. The van der Waals surface area contributed by atoms with Crippen LogP contribution < -0.4 is 9.84 Å². The Kier molecular flexibility index (Phi) is 3.85. The van der Waals surface area contributed by atoms with Crippen molar-refractivity contribution in [3.63, 3.8) is 0 Å². The van der Waals surface area contributed by atoms with Crippen LogP contribution in [0.3, 0.4) is 0 Å². The Labute approximate surface area is 127 Å². The van der Waals surface area contributed by atoms with Crippen molar-refractivity contribution < 1.29 is 4.57 Å². The van der Waals surface area contributed by atoms with Gasteiger partial charge in [-0.1, -0.05) is 11.6 Å². The van der Waals surface area contributed by atoms with Crippen LogP contribution in [0.15, 0.2) is 18.3 Å². The molecule has 1 unspecified atom stereocenters. The normalized spacial score (nSPS) is 17.3. The molecule has 0 saturated heterocycles. The molecule has 20 heavy (non-hydrogen) atoms. The van der Waals surface area contributed by atoms with Gasteiger partial charge in [-0.15, -0.1) is 11.3 Å². The van der Waals surface area contributed by atoms with Crippen LogP contribution >= 0.6 is 30.2 Å². The largest absolute Gasteiger partial charge is 0.316 e. The van der Waals surface area contributed by atoms with E-state index in [0.29, 0.717) is 15.6 Å². The highest BCUT2D eigenvalue weighted by Gasteiger charge is 2.26. The van der Waals surface area contributed by atoms with Gasteiger partial charge in [-0.05, 0) is 37.8 Å². The lowest BCUT2D eigenvalue weighted by Gasteiger charge is -2.12. The molecule has 0 spiro atoms. The number of halogens is 1. The molecule has 1 atom stereocenters. The summed E-state index contributed by atoms with van der Waals surface area (Å²) in [6.45, 7) is 1.70. The molecule has 2 aromatic rings. The van der Waals surface area contributed by atoms with E-state index in [4.69, 9.17) is 11.6 Å². The van der Waals surface area contributed by atoms with E-state index < -0.39 is 7.29 Å². The van der Waals surface area contributed by atoms with Crippen LogP contribution in [0, 0.1) is 0 Å². The molecule has 3 rings (SSSR count). The number of thiazole rings is 1. The lowest BCUT2D eigenvalue weighted by atomic mass is 10.0. The monoisotopic (exact) mass is 327 g/mol. The number of rotatable bonds is 3. The molecule has 0 aliphatic heterocycles. The van der Waals surface area contributed by atoms with Crippen LogP contribution in [0.5, 0.6) is 0 Å². The number of aryl methyl sites for hydroxylation is 2. The Morgan fingerprint density at radius 1 is 1.35 bits per heavy atom. The van der Waals surface area contributed by atoms with Gasteiger partial charge in [0.05, 0.1) is 10.7 Å². The van der Waals surface area contributed by atoms with Crippen LogP contribution in [0.2, 0.25) is 5.02 Å². The van der Waals surface area contributed by atoms with Crippen LogP contribution in [0.1, 0.15) is 23.4 Å². The van der Waals surface area contributed by atoms with Crippen LogP contribution in [0.4, 0.5) is 5.82 Å². The minimum absolute atomic E-state index is 0.561. The van der Waals surface area contributed by atoms with Crippen molar-refractivity contribution in [2.24, 2.45) is 0 Å². The maximum Gasteiger partial charge on any atom is 0.224 e. The van der Waals surface area contributed by atoms with E-state index >= 15 is 0 Å². The smallest absolute Gasteiger partial charge is 0.224 e. The third-order valence-corrected chi connectivity index (χ3v) is 7.24. The van der Waals surface area contributed by atoms with E-state index in [1.54, 1.807) is 30.1 Å². The first-order chi connectivity index (χ1) is 9.54. The van der Waals surface area contributed by atoms with E-state index in [1.165, 1.54) is 23.9 Å². The topological polar surface area (TPSA) is 54.9 Å². The number of aromatic nitrogens is 2. The predicted octanol–water partition coefficient (Wildman–Crippen LogP) is 3.72. The highest BCUT2D eigenvalue weighted by atomic mass is 35.5. The van der Waals surface area contributed by atoms with Gasteiger partial charge < -0.3 is 5.09 Å². The molecule has 0 amide bonds. The summed E-state index contributed by atoms with van der Waals surface area (Å²) in [6, 6.07) is 3.45. The number of nitrogens with one attached hydrogen (secondary N) is 1. The number of pyridine rings is 1. The van der Waals surface area contributed by atoms with Gasteiger partial charge in [0.2, 0.25) is 7.29 Å².